The third kappa shape index (κ3) is 2.81. The summed E-state index contributed by atoms with van der Waals surface area (Å²) < 4.78 is 0. The molecular formula is C17H12ClN3. The number of anilines is 1. The first kappa shape index (κ1) is 13.4. The molecule has 0 unspecified atom stereocenters. The smallest absolute Gasteiger partial charge is 0.0992 e. The second-order valence-corrected chi connectivity index (χ2v) is 5.06. The Labute approximate surface area is 127 Å². The fourth-order valence-corrected chi connectivity index (χ4v) is 2.48. The third-order valence-electron chi connectivity index (χ3n) is 3.28. The molecule has 3 rings (SSSR count). The van der Waals surface area contributed by atoms with E-state index in [9.17, 15) is 0 Å². The number of nitriles is 1. The van der Waals surface area contributed by atoms with Crippen molar-refractivity contribution in [2.75, 3.05) is 5.32 Å². The average molecular weight is 294 g/mol. The van der Waals surface area contributed by atoms with Crippen LogP contribution in [0.4, 0.5) is 5.69 Å². The summed E-state index contributed by atoms with van der Waals surface area (Å²) in [7, 11) is 0. The number of aromatic nitrogens is 1. The van der Waals surface area contributed by atoms with Crippen LogP contribution in [0.1, 0.15) is 11.1 Å². The van der Waals surface area contributed by atoms with E-state index in [1.54, 1.807) is 18.3 Å². The summed E-state index contributed by atoms with van der Waals surface area (Å²) >= 11 is 6.16. The van der Waals surface area contributed by atoms with Gasteiger partial charge in [-0.05, 0) is 29.8 Å². The topological polar surface area (TPSA) is 48.7 Å². The number of nitrogens with zero attached hydrogens (tertiary/aromatic N) is 2. The van der Waals surface area contributed by atoms with Crippen LogP contribution in [0.5, 0.6) is 0 Å². The van der Waals surface area contributed by atoms with Gasteiger partial charge in [0.25, 0.3) is 0 Å². The molecule has 1 heterocycles. The molecule has 4 heteroatoms. The van der Waals surface area contributed by atoms with Crippen molar-refractivity contribution in [3.8, 4) is 6.07 Å². The van der Waals surface area contributed by atoms with E-state index in [0.29, 0.717) is 17.1 Å². The van der Waals surface area contributed by atoms with Crippen LogP contribution in [-0.4, -0.2) is 4.98 Å². The molecule has 0 aliphatic rings. The lowest BCUT2D eigenvalue weighted by Crippen LogP contribution is -2.01. The SMILES string of the molecule is N#Cc1ccc(NCc2cccc3cccnc23)c(Cl)c1. The van der Waals surface area contributed by atoms with Crippen molar-refractivity contribution in [1.82, 2.24) is 4.98 Å². The molecule has 0 spiro atoms. The zero-order valence-corrected chi connectivity index (χ0v) is 11.9. The standard InChI is InChI=1S/C17H12ClN3/c18-15-9-12(10-19)6-7-16(15)21-11-14-4-1-3-13-5-2-8-20-17(13)14/h1-9,21H,11H2. The highest BCUT2D eigenvalue weighted by Crippen LogP contribution is 2.24. The van der Waals surface area contributed by atoms with Gasteiger partial charge in [-0.25, -0.2) is 0 Å². The molecule has 0 atom stereocenters. The van der Waals surface area contributed by atoms with Crippen molar-refractivity contribution in [1.29, 1.82) is 5.26 Å². The van der Waals surface area contributed by atoms with Crippen molar-refractivity contribution in [3.05, 3.63) is 70.9 Å². The van der Waals surface area contributed by atoms with Crippen LogP contribution in [0.25, 0.3) is 10.9 Å². The van der Waals surface area contributed by atoms with E-state index in [1.165, 1.54) is 0 Å². The van der Waals surface area contributed by atoms with Gasteiger partial charge in [0, 0.05) is 18.1 Å². The largest absolute Gasteiger partial charge is 0.380 e. The molecule has 2 aromatic carbocycles. The minimum Gasteiger partial charge on any atom is -0.380 e. The minimum atomic E-state index is 0.544. The molecule has 0 saturated carbocycles. The van der Waals surface area contributed by atoms with E-state index in [-0.39, 0.29) is 0 Å². The molecule has 3 aromatic rings. The monoisotopic (exact) mass is 293 g/mol. The molecule has 0 aliphatic carbocycles. The normalized spacial score (nSPS) is 10.3. The number of rotatable bonds is 3. The molecule has 0 bridgehead atoms. The summed E-state index contributed by atoms with van der Waals surface area (Å²) in [5, 5.41) is 13.8. The Morgan fingerprint density at radius 3 is 2.81 bits per heavy atom. The van der Waals surface area contributed by atoms with Crippen molar-refractivity contribution >= 4 is 28.2 Å². The van der Waals surface area contributed by atoms with Crippen LogP contribution in [0.2, 0.25) is 5.02 Å². The minimum absolute atomic E-state index is 0.544. The Morgan fingerprint density at radius 1 is 1.14 bits per heavy atom. The van der Waals surface area contributed by atoms with E-state index in [2.05, 4.69) is 16.4 Å². The molecule has 3 nitrogen and oxygen atoms in total. The number of hydrogen-bond acceptors (Lipinski definition) is 3. The van der Waals surface area contributed by atoms with Gasteiger partial charge in [0.2, 0.25) is 0 Å². The van der Waals surface area contributed by atoms with Gasteiger partial charge in [0.05, 0.1) is 27.9 Å². The number of para-hydroxylation sites is 1. The van der Waals surface area contributed by atoms with Gasteiger partial charge < -0.3 is 5.32 Å². The molecule has 0 amide bonds. The van der Waals surface area contributed by atoms with Crippen molar-refractivity contribution < 1.29 is 0 Å². The van der Waals surface area contributed by atoms with Gasteiger partial charge in [-0.15, -0.1) is 0 Å². The van der Waals surface area contributed by atoms with Crippen LogP contribution in [0.15, 0.2) is 54.7 Å². The predicted octanol–water partition coefficient (Wildman–Crippen LogP) is 4.37. The zero-order valence-electron chi connectivity index (χ0n) is 11.2. The molecule has 0 radical (unpaired) electrons. The number of fused-ring (bicyclic) bond motifs is 1. The van der Waals surface area contributed by atoms with E-state index < -0.39 is 0 Å². The molecule has 0 saturated heterocycles. The Kier molecular flexibility index (Phi) is 3.72. The van der Waals surface area contributed by atoms with Gasteiger partial charge >= 0.3 is 0 Å². The van der Waals surface area contributed by atoms with E-state index in [0.717, 1.165) is 22.2 Å². The summed E-state index contributed by atoms with van der Waals surface area (Å²) in [5.74, 6) is 0. The lowest BCUT2D eigenvalue weighted by Gasteiger charge is -2.10. The van der Waals surface area contributed by atoms with Crippen LogP contribution in [0.3, 0.4) is 0 Å². The molecule has 0 fully saturated rings. The molecule has 1 N–H and O–H groups in total. The number of hydrogen-bond donors (Lipinski definition) is 1. The predicted molar refractivity (Wildman–Crippen MR) is 85.2 cm³/mol. The van der Waals surface area contributed by atoms with Crippen LogP contribution < -0.4 is 5.32 Å². The van der Waals surface area contributed by atoms with E-state index in [4.69, 9.17) is 16.9 Å². The summed E-state index contributed by atoms with van der Waals surface area (Å²) in [6.07, 6.45) is 1.79. The zero-order chi connectivity index (χ0) is 14.7. The highest BCUT2D eigenvalue weighted by molar-refractivity contribution is 6.33. The van der Waals surface area contributed by atoms with E-state index in [1.807, 2.05) is 36.4 Å². The highest BCUT2D eigenvalue weighted by atomic mass is 35.5. The maximum atomic E-state index is 8.84. The van der Waals surface area contributed by atoms with Crippen LogP contribution in [0, 0.1) is 11.3 Å². The van der Waals surface area contributed by atoms with Crippen molar-refractivity contribution in [2.24, 2.45) is 0 Å². The Morgan fingerprint density at radius 2 is 2.00 bits per heavy atom. The number of halogens is 1. The molecule has 21 heavy (non-hydrogen) atoms. The second-order valence-electron chi connectivity index (χ2n) is 4.65. The Balaban J connectivity index is 1.86. The first-order valence-corrected chi connectivity index (χ1v) is 6.92. The average Bonchev–Trinajstić information content (AvgIpc) is 2.53. The number of nitrogens with one attached hydrogen (secondary N) is 1. The maximum Gasteiger partial charge on any atom is 0.0992 e. The Hall–Kier alpha value is -2.57. The first-order chi connectivity index (χ1) is 10.3. The van der Waals surface area contributed by atoms with Gasteiger partial charge in [0.15, 0.2) is 0 Å². The van der Waals surface area contributed by atoms with Gasteiger partial charge in [-0.3, -0.25) is 4.98 Å². The molecule has 0 aliphatic heterocycles. The van der Waals surface area contributed by atoms with Gasteiger partial charge in [-0.1, -0.05) is 35.9 Å². The van der Waals surface area contributed by atoms with Gasteiger partial charge in [0.1, 0.15) is 0 Å². The first-order valence-electron chi connectivity index (χ1n) is 6.54. The molecular weight excluding hydrogens is 282 g/mol. The summed E-state index contributed by atoms with van der Waals surface area (Å²) in [4.78, 5) is 4.43. The Bertz CT molecular complexity index is 832. The van der Waals surface area contributed by atoms with E-state index >= 15 is 0 Å². The molecule has 102 valence electrons. The number of pyridine rings is 1. The van der Waals surface area contributed by atoms with Gasteiger partial charge in [-0.2, -0.15) is 5.26 Å². The van der Waals surface area contributed by atoms with Crippen LogP contribution in [-0.2, 0) is 6.54 Å². The number of benzene rings is 2. The highest BCUT2D eigenvalue weighted by Gasteiger charge is 2.04. The third-order valence-corrected chi connectivity index (χ3v) is 3.60. The quantitative estimate of drug-likeness (QED) is 0.780. The summed E-state index contributed by atoms with van der Waals surface area (Å²) in [5.41, 5.74) is 3.45. The van der Waals surface area contributed by atoms with Crippen molar-refractivity contribution in [3.63, 3.8) is 0 Å². The maximum absolute atomic E-state index is 8.84. The van der Waals surface area contributed by atoms with Crippen molar-refractivity contribution in [2.45, 2.75) is 6.54 Å². The molecule has 1 aromatic heterocycles. The lowest BCUT2D eigenvalue weighted by molar-refractivity contribution is 1.15. The van der Waals surface area contributed by atoms with Crippen LogP contribution >= 0.6 is 11.6 Å². The summed E-state index contributed by atoms with van der Waals surface area (Å²) in [6.45, 7) is 0.625. The second kappa shape index (κ2) is 5.82. The fourth-order valence-electron chi connectivity index (χ4n) is 2.23. The fraction of sp³-hybridized carbons (Fsp3) is 0.0588. The summed E-state index contributed by atoms with van der Waals surface area (Å²) in [6, 6.07) is 17.4. The lowest BCUT2D eigenvalue weighted by atomic mass is 10.1.